The lowest BCUT2D eigenvalue weighted by Crippen LogP contribution is -2.42. The van der Waals surface area contributed by atoms with Crippen molar-refractivity contribution in [1.29, 1.82) is 0 Å². The number of hydrogen-bond acceptors (Lipinski definition) is 4. The fourth-order valence-corrected chi connectivity index (χ4v) is 3.62. The Hall–Kier alpha value is -2.15. The predicted molar refractivity (Wildman–Crippen MR) is 123 cm³/mol. The van der Waals surface area contributed by atoms with Gasteiger partial charge in [-0.1, -0.05) is 47.5 Å². The summed E-state index contributed by atoms with van der Waals surface area (Å²) >= 11 is 5.86. The monoisotopic (exact) mass is 429 g/mol. The van der Waals surface area contributed by atoms with Crippen molar-refractivity contribution in [3.63, 3.8) is 0 Å². The highest BCUT2D eigenvalue weighted by atomic mass is 35.5. The average molecular weight is 430 g/mol. The Kier molecular flexibility index (Phi) is 8.93. The van der Waals surface area contributed by atoms with Gasteiger partial charge in [-0.3, -0.25) is 9.89 Å². The lowest BCUT2D eigenvalue weighted by molar-refractivity contribution is 0.0179. The first kappa shape index (κ1) is 22.5. The van der Waals surface area contributed by atoms with E-state index in [2.05, 4.69) is 58.6 Å². The van der Waals surface area contributed by atoms with E-state index >= 15 is 0 Å². The van der Waals surface area contributed by atoms with Gasteiger partial charge in [0.25, 0.3) is 0 Å². The van der Waals surface area contributed by atoms with Crippen LogP contribution in [0, 0.1) is 6.92 Å². The summed E-state index contributed by atoms with van der Waals surface area (Å²) in [6, 6.07) is 12.9. The molecule has 0 saturated carbocycles. The number of rotatable bonds is 8. The maximum absolute atomic E-state index is 5.86. The Bertz CT molecular complexity index is 788. The van der Waals surface area contributed by atoms with Gasteiger partial charge in [-0.15, -0.1) is 0 Å². The van der Waals surface area contributed by atoms with Crippen LogP contribution < -0.4 is 10.6 Å². The number of benzene rings is 1. The Morgan fingerprint density at radius 1 is 1.17 bits per heavy atom. The van der Waals surface area contributed by atoms with Crippen molar-refractivity contribution < 1.29 is 4.74 Å². The molecule has 1 aliphatic heterocycles. The minimum atomic E-state index is 0.241. The van der Waals surface area contributed by atoms with Crippen LogP contribution in [0.2, 0.25) is 5.15 Å². The maximum Gasteiger partial charge on any atom is 0.191 e. The fourth-order valence-electron chi connectivity index (χ4n) is 3.51. The van der Waals surface area contributed by atoms with Crippen LogP contribution in [0.1, 0.15) is 29.7 Å². The van der Waals surface area contributed by atoms with E-state index in [0.717, 1.165) is 57.3 Å². The molecule has 1 aliphatic rings. The molecule has 0 bridgehead atoms. The molecular weight excluding hydrogens is 398 g/mol. The lowest BCUT2D eigenvalue weighted by Gasteiger charge is -2.34. The van der Waals surface area contributed by atoms with Crippen molar-refractivity contribution in [2.45, 2.75) is 26.3 Å². The van der Waals surface area contributed by atoms with Crippen molar-refractivity contribution in [3.05, 3.63) is 64.4 Å². The van der Waals surface area contributed by atoms with Gasteiger partial charge in [-0.05, 0) is 37.5 Å². The van der Waals surface area contributed by atoms with E-state index in [1.807, 2.05) is 18.3 Å². The first-order chi connectivity index (χ1) is 14.7. The van der Waals surface area contributed by atoms with Crippen molar-refractivity contribution in [2.75, 3.05) is 45.9 Å². The molecule has 2 aromatic rings. The second-order valence-electron chi connectivity index (χ2n) is 7.46. The largest absolute Gasteiger partial charge is 0.379 e. The Morgan fingerprint density at radius 2 is 1.93 bits per heavy atom. The first-order valence-corrected chi connectivity index (χ1v) is 11.0. The zero-order valence-electron chi connectivity index (χ0n) is 17.9. The maximum atomic E-state index is 5.86. The fraction of sp³-hybridized carbons (Fsp3) is 0.478. The number of pyridine rings is 1. The molecule has 30 heavy (non-hydrogen) atoms. The van der Waals surface area contributed by atoms with E-state index in [1.165, 1.54) is 11.1 Å². The Morgan fingerprint density at radius 3 is 2.60 bits per heavy atom. The molecule has 0 amide bonds. The highest BCUT2D eigenvalue weighted by Crippen LogP contribution is 2.23. The average Bonchev–Trinajstić information content (AvgIpc) is 2.77. The number of hydrogen-bond donors (Lipinski definition) is 2. The van der Waals surface area contributed by atoms with Gasteiger partial charge >= 0.3 is 0 Å². The standard InChI is InChI=1S/C23H32ClN5O/c1-3-25-23(26-11-10-19-6-9-22(24)27-16-19)28-17-21(29-12-14-30-15-13-29)20-7-4-18(2)5-8-20/h4-9,16,21H,3,10-15,17H2,1-2H3,(H2,25,26,28). The molecule has 0 radical (unpaired) electrons. The first-order valence-electron chi connectivity index (χ1n) is 10.7. The third-order valence-corrected chi connectivity index (χ3v) is 5.43. The van der Waals surface area contributed by atoms with Crippen molar-refractivity contribution >= 4 is 17.6 Å². The highest BCUT2D eigenvalue weighted by molar-refractivity contribution is 6.29. The minimum absolute atomic E-state index is 0.241. The van der Waals surface area contributed by atoms with Crippen LogP contribution in [0.25, 0.3) is 0 Å². The number of ether oxygens (including phenoxy) is 1. The molecule has 1 fully saturated rings. The van der Waals surface area contributed by atoms with Gasteiger partial charge in [0.2, 0.25) is 0 Å². The van der Waals surface area contributed by atoms with E-state index in [9.17, 15) is 0 Å². The molecule has 1 saturated heterocycles. The van der Waals surface area contributed by atoms with E-state index in [4.69, 9.17) is 21.3 Å². The third-order valence-electron chi connectivity index (χ3n) is 5.21. The molecule has 1 atom stereocenters. The number of nitrogens with zero attached hydrogens (tertiary/aromatic N) is 3. The van der Waals surface area contributed by atoms with Crippen LogP contribution in [0.5, 0.6) is 0 Å². The zero-order valence-corrected chi connectivity index (χ0v) is 18.7. The molecule has 1 unspecified atom stereocenters. The molecule has 2 heterocycles. The normalized spacial score (nSPS) is 16.3. The van der Waals surface area contributed by atoms with Crippen LogP contribution >= 0.6 is 11.6 Å². The molecule has 1 aromatic carbocycles. The lowest BCUT2D eigenvalue weighted by atomic mass is 10.0. The van der Waals surface area contributed by atoms with Crippen LogP contribution in [-0.4, -0.2) is 61.8 Å². The van der Waals surface area contributed by atoms with E-state index in [-0.39, 0.29) is 6.04 Å². The second-order valence-corrected chi connectivity index (χ2v) is 7.85. The third kappa shape index (κ3) is 6.97. The molecule has 3 rings (SSSR count). The molecule has 7 heteroatoms. The zero-order chi connectivity index (χ0) is 21.2. The number of guanidine groups is 1. The second kappa shape index (κ2) is 11.9. The van der Waals surface area contributed by atoms with Crippen molar-refractivity contribution in [2.24, 2.45) is 4.99 Å². The van der Waals surface area contributed by atoms with E-state index in [0.29, 0.717) is 11.7 Å². The van der Waals surface area contributed by atoms with Crippen LogP contribution in [0.4, 0.5) is 0 Å². The Balaban J connectivity index is 1.64. The van der Waals surface area contributed by atoms with Gasteiger partial charge in [0, 0.05) is 32.4 Å². The summed E-state index contributed by atoms with van der Waals surface area (Å²) in [4.78, 5) is 11.5. The summed E-state index contributed by atoms with van der Waals surface area (Å²) in [5, 5.41) is 7.31. The molecule has 0 aliphatic carbocycles. The molecule has 0 spiro atoms. The van der Waals surface area contributed by atoms with Gasteiger partial charge in [0.05, 0.1) is 25.8 Å². The quantitative estimate of drug-likeness (QED) is 0.383. The smallest absolute Gasteiger partial charge is 0.191 e. The summed E-state index contributed by atoms with van der Waals surface area (Å²) in [5.41, 5.74) is 3.72. The van der Waals surface area contributed by atoms with E-state index < -0.39 is 0 Å². The van der Waals surface area contributed by atoms with Crippen LogP contribution in [0.3, 0.4) is 0 Å². The van der Waals surface area contributed by atoms with Gasteiger partial charge < -0.3 is 15.4 Å². The summed E-state index contributed by atoms with van der Waals surface area (Å²) in [6.45, 7) is 9.92. The van der Waals surface area contributed by atoms with Gasteiger partial charge in [-0.2, -0.15) is 0 Å². The van der Waals surface area contributed by atoms with Gasteiger partial charge in [0.1, 0.15) is 5.15 Å². The van der Waals surface area contributed by atoms with Crippen LogP contribution in [0.15, 0.2) is 47.6 Å². The highest BCUT2D eigenvalue weighted by Gasteiger charge is 2.22. The number of aromatic nitrogens is 1. The molecule has 162 valence electrons. The van der Waals surface area contributed by atoms with Gasteiger partial charge in [0.15, 0.2) is 5.96 Å². The molecule has 2 N–H and O–H groups in total. The molecular formula is C23H32ClN5O. The Labute approximate surface area is 184 Å². The number of morpholine rings is 1. The number of halogens is 1. The SMILES string of the molecule is CCNC(=NCC(c1ccc(C)cc1)N1CCOCC1)NCCc1ccc(Cl)nc1. The van der Waals surface area contributed by atoms with E-state index in [1.54, 1.807) is 0 Å². The molecule has 1 aromatic heterocycles. The predicted octanol–water partition coefficient (Wildman–Crippen LogP) is 3.21. The van der Waals surface area contributed by atoms with Crippen LogP contribution in [-0.2, 0) is 11.2 Å². The topological polar surface area (TPSA) is 61.8 Å². The van der Waals surface area contributed by atoms with Crippen molar-refractivity contribution in [3.8, 4) is 0 Å². The summed E-state index contributed by atoms with van der Waals surface area (Å²) in [6.07, 6.45) is 2.68. The number of aryl methyl sites for hydroxylation is 1. The summed E-state index contributed by atoms with van der Waals surface area (Å²) in [5.74, 6) is 0.838. The number of aliphatic imine (C=N–C) groups is 1. The van der Waals surface area contributed by atoms with Gasteiger partial charge in [-0.25, -0.2) is 4.98 Å². The minimum Gasteiger partial charge on any atom is -0.379 e. The summed E-state index contributed by atoms with van der Waals surface area (Å²) < 4.78 is 5.56. The number of nitrogens with one attached hydrogen (secondary N) is 2. The van der Waals surface area contributed by atoms with Crippen molar-refractivity contribution in [1.82, 2.24) is 20.5 Å². The summed E-state index contributed by atoms with van der Waals surface area (Å²) in [7, 11) is 0. The molecule has 6 nitrogen and oxygen atoms in total.